The highest BCUT2D eigenvalue weighted by Gasteiger charge is 2.63. The van der Waals surface area contributed by atoms with Gasteiger partial charge in [-0.2, -0.15) is 0 Å². The quantitative estimate of drug-likeness (QED) is 0.797. The minimum absolute atomic E-state index is 0.0340. The number of hydrogen-bond donors (Lipinski definition) is 0. The summed E-state index contributed by atoms with van der Waals surface area (Å²) >= 11 is 0. The van der Waals surface area contributed by atoms with Crippen LogP contribution in [0.4, 0.5) is 0 Å². The van der Waals surface area contributed by atoms with Gasteiger partial charge >= 0.3 is 11.9 Å². The van der Waals surface area contributed by atoms with Crippen molar-refractivity contribution in [3.8, 4) is 0 Å². The van der Waals surface area contributed by atoms with Crippen molar-refractivity contribution in [2.75, 3.05) is 0 Å². The highest BCUT2D eigenvalue weighted by molar-refractivity contribution is 5.94. The standard InChI is InChI=1S/C18H15NO4/c20-17(10-3-4-14-9(6-10)2-1-5-19-14)22-15-11-7-12-13(8-11)18(21)23-16(12)15/h1-6,11-13,15-16H,7-8H2/t11-,12+,13+,15-,16+/m1/s1. The van der Waals surface area contributed by atoms with Crippen LogP contribution >= 0.6 is 0 Å². The molecule has 1 aromatic carbocycles. The number of pyridine rings is 1. The number of hydrogen-bond acceptors (Lipinski definition) is 5. The Labute approximate surface area is 132 Å². The van der Waals surface area contributed by atoms with E-state index < -0.39 is 0 Å². The van der Waals surface area contributed by atoms with Crippen LogP contribution in [0.15, 0.2) is 36.5 Å². The third-order valence-corrected chi connectivity index (χ3v) is 5.50. The summed E-state index contributed by atoms with van der Waals surface area (Å²) in [6, 6.07) is 9.10. The summed E-state index contributed by atoms with van der Waals surface area (Å²) in [6.45, 7) is 0. The first-order chi connectivity index (χ1) is 11.2. The first kappa shape index (κ1) is 13.0. The maximum atomic E-state index is 12.5. The summed E-state index contributed by atoms with van der Waals surface area (Å²) in [5.74, 6) is 0.0657. The van der Waals surface area contributed by atoms with Gasteiger partial charge in [0.05, 0.1) is 17.0 Å². The predicted octanol–water partition coefficient (Wildman–Crippen LogP) is 2.34. The van der Waals surface area contributed by atoms with Crippen LogP contribution in [0.2, 0.25) is 0 Å². The van der Waals surface area contributed by atoms with Gasteiger partial charge in [0.2, 0.25) is 0 Å². The van der Waals surface area contributed by atoms with Gasteiger partial charge in [-0.1, -0.05) is 6.07 Å². The second-order valence-corrected chi connectivity index (χ2v) is 6.68. The fourth-order valence-corrected chi connectivity index (χ4v) is 4.46. The summed E-state index contributed by atoms with van der Waals surface area (Å²) in [5, 5.41) is 0.905. The molecule has 0 unspecified atom stereocenters. The summed E-state index contributed by atoms with van der Waals surface area (Å²) in [7, 11) is 0. The van der Waals surface area contributed by atoms with Crippen LogP contribution in [0.5, 0.6) is 0 Å². The molecule has 3 aliphatic rings. The van der Waals surface area contributed by atoms with Crippen molar-refractivity contribution < 1.29 is 19.1 Å². The van der Waals surface area contributed by atoms with Gasteiger partial charge in [0, 0.05) is 23.4 Å². The van der Waals surface area contributed by atoms with Gasteiger partial charge < -0.3 is 9.47 Å². The Morgan fingerprint density at radius 3 is 3.09 bits per heavy atom. The Hall–Kier alpha value is -2.43. The number of carbonyl (C=O) groups is 2. The summed E-state index contributed by atoms with van der Waals surface area (Å²) in [5.41, 5.74) is 1.35. The lowest BCUT2D eigenvalue weighted by Crippen LogP contribution is -2.36. The Morgan fingerprint density at radius 2 is 2.17 bits per heavy atom. The molecule has 1 saturated heterocycles. The minimum atomic E-state index is -0.354. The van der Waals surface area contributed by atoms with Crippen LogP contribution in [-0.2, 0) is 14.3 Å². The summed E-state index contributed by atoms with van der Waals surface area (Å²) in [6.07, 6.45) is 2.91. The fourth-order valence-electron chi connectivity index (χ4n) is 4.46. The van der Waals surface area contributed by atoms with Gasteiger partial charge in [-0.15, -0.1) is 0 Å². The van der Waals surface area contributed by atoms with E-state index in [9.17, 15) is 9.59 Å². The zero-order chi connectivity index (χ0) is 15.6. The van der Waals surface area contributed by atoms with E-state index in [0.29, 0.717) is 5.56 Å². The second kappa shape index (κ2) is 4.54. The summed E-state index contributed by atoms with van der Waals surface area (Å²) in [4.78, 5) is 28.5. The van der Waals surface area contributed by atoms with Crippen LogP contribution in [0, 0.1) is 17.8 Å². The molecule has 2 heterocycles. The van der Waals surface area contributed by atoms with Crippen molar-refractivity contribution in [2.24, 2.45) is 17.8 Å². The molecule has 116 valence electrons. The Balaban J connectivity index is 1.40. The summed E-state index contributed by atoms with van der Waals surface area (Å²) < 4.78 is 11.2. The zero-order valence-corrected chi connectivity index (χ0v) is 12.3. The molecule has 0 spiro atoms. The number of benzene rings is 1. The van der Waals surface area contributed by atoms with Crippen LogP contribution in [0.25, 0.3) is 10.9 Å². The van der Waals surface area contributed by atoms with Gasteiger partial charge in [0.1, 0.15) is 12.2 Å². The number of aromatic nitrogens is 1. The third kappa shape index (κ3) is 1.82. The number of fused-ring (bicyclic) bond motifs is 2. The molecule has 0 amide bonds. The number of carbonyl (C=O) groups excluding carboxylic acids is 2. The molecule has 5 rings (SSSR count). The van der Waals surface area contributed by atoms with Crippen LogP contribution in [0.1, 0.15) is 23.2 Å². The largest absolute Gasteiger partial charge is 0.458 e. The Kier molecular flexibility index (Phi) is 2.57. The zero-order valence-electron chi connectivity index (χ0n) is 12.3. The van der Waals surface area contributed by atoms with Crippen LogP contribution in [0.3, 0.4) is 0 Å². The Morgan fingerprint density at radius 1 is 1.26 bits per heavy atom. The van der Waals surface area contributed by atoms with Crippen molar-refractivity contribution in [3.63, 3.8) is 0 Å². The topological polar surface area (TPSA) is 65.5 Å². The minimum Gasteiger partial charge on any atom is -0.458 e. The lowest BCUT2D eigenvalue weighted by Gasteiger charge is -2.25. The highest BCUT2D eigenvalue weighted by atomic mass is 16.6. The molecule has 1 aromatic heterocycles. The highest BCUT2D eigenvalue weighted by Crippen LogP contribution is 2.55. The third-order valence-electron chi connectivity index (χ3n) is 5.50. The number of esters is 2. The van der Waals surface area contributed by atoms with Gasteiger partial charge in [-0.3, -0.25) is 9.78 Å². The molecule has 0 radical (unpaired) electrons. The molecule has 2 saturated carbocycles. The van der Waals surface area contributed by atoms with Crippen LogP contribution < -0.4 is 0 Å². The molecule has 2 aromatic rings. The van der Waals surface area contributed by atoms with Gasteiger partial charge in [-0.25, -0.2) is 4.79 Å². The van der Waals surface area contributed by atoms with E-state index in [0.717, 1.165) is 23.7 Å². The van der Waals surface area contributed by atoms with E-state index >= 15 is 0 Å². The van der Waals surface area contributed by atoms with Gasteiger partial charge in [0.15, 0.2) is 0 Å². The molecule has 5 atom stereocenters. The molecule has 5 heteroatoms. The van der Waals surface area contributed by atoms with Crippen molar-refractivity contribution in [3.05, 3.63) is 42.1 Å². The fraction of sp³-hybridized carbons (Fsp3) is 0.389. The average molecular weight is 309 g/mol. The molecular weight excluding hydrogens is 294 g/mol. The van der Waals surface area contributed by atoms with E-state index in [1.165, 1.54) is 0 Å². The molecule has 0 N–H and O–H groups in total. The monoisotopic (exact) mass is 309 g/mol. The van der Waals surface area contributed by atoms with Crippen molar-refractivity contribution in [1.82, 2.24) is 4.98 Å². The molecule has 3 fully saturated rings. The smallest absolute Gasteiger partial charge is 0.338 e. The first-order valence-electron chi connectivity index (χ1n) is 7.97. The number of rotatable bonds is 2. The lowest BCUT2D eigenvalue weighted by atomic mass is 9.88. The second-order valence-electron chi connectivity index (χ2n) is 6.68. The Bertz CT molecular complexity index is 833. The van der Waals surface area contributed by atoms with Crippen LogP contribution in [-0.4, -0.2) is 29.1 Å². The predicted molar refractivity (Wildman–Crippen MR) is 80.5 cm³/mol. The molecular formula is C18H15NO4. The molecule has 1 aliphatic heterocycles. The number of ether oxygens (including phenoxy) is 2. The number of nitrogens with zero attached hydrogens (tertiary/aromatic N) is 1. The maximum absolute atomic E-state index is 12.5. The van der Waals surface area contributed by atoms with Crippen molar-refractivity contribution in [1.29, 1.82) is 0 Å². The normalized spacial score (nSPS) is 33.9. The van der Waals surface area contributed by atoms with E-state index in [1.54, 1.807) is 18.3 Å². The van der Waals surface area contributed by atoms with E-state index in [2.05, 4.69) is 4.98 Å². The molecule has 23 heavy (non-hydrogen) atoms. The molecule has 2 aliphatic carbocycles. The van der Waals surface area contributed by atoms with Gasteiger partial charge in [0.25, 0.3) is 0 Å². The van der Waals surface area contributed by atoms with E-state index in [-0.39, 0.29) is 41.9 Å². The van der Waals surface area contributed by atoms with Gasteiger partial charge in [-0.05, 0) is 37.1 Å². The lowest BCUT2D eigenvalue weighted by molar-refractivity contribution is -0.146. The first-order valence-corrected chi connectivity index (χ1v) is 7.97. The van der Waals surface area contributed by atoms with E-state index in [4.69, 9.17) is 9.47 Å². The van der Waals surface area contributed by atoms with Crippen molar-refractivity contribution in [2.45, 2.75) is 25.0 Å². The SMILES string of the molecule is O=C(O[C@@H]1[C@@H]2C[C@@H]3[C@@H]1OC(=O)[C@H]3C2)c1ccc2ncccc2c1. The molecule has 5 nitrogen and oxygen atoms in total. The molecule has 2 bridgehead atoms. The van der Waals surface area contributed by atoms with E-state index in [1.807, 2.05) is 18.2 Å². The average Bonchev–Trinajstić information content (AvgIpc) is 3.19. The van der Waals surface area contributed by atoms with Crippen molar-refractivity contribution >= 4 is 22.8 Å². The maximum Gasteiger partial charge on any atom is 0.338 e.